The van der Waals surface area contributed by atoms with E-state index in [0.29, 0.717) is 0 Å². The molecule has 1 aromatic rings. The van der Waals surface area contributed by atoms with Crippen LogP contribution in [0.15, 0.2) is 24.3 Å². The molecule has 3 N–H and O–H groups in total. The number of nitro groups is 1. The number of aliphatic hydroxyl groups excluding tert-OH is 1. The fourth-order valence-electron chi connectivity index (χ4n) is 2.94. The Balaban J connectivity index is 2.59. The smallest absolute Gasteiger partial charge is 0.330 e. The highest BCUT2D eigenvalue weighted by Gasteiger charge is 2.39. The average molecular weight is 423 g/mol. The summed E-state index contributed by atoms with van der Waals surface area (Å²) in [5.41, 5.74) is -1.97. The van der Waals surface area contributed by atoms with Crippen LogP contribution in [0.3, 0.4) is 0 Å². The molecule has 0 saturated heterocycles. The summed E-state index contributed by atoms with van der Waals surface area (Å²) in [6, 6.07) is 4.98. The van der Waals surface area contributed by atoms with Crippen molar-refractivity contribution in [2.24, 2.45) is 10.8 Å². The first kappa shape index (κ1) is 25.0. The SMILES string of the molecule is CC(O)CNC(=O)C(C)(C)CC(C)(C)C(=O)NCC(=O)Oc1ccc([N+](=O)[O-])cc1. The van der Waals surface area contributed by atoms with Crippen LogP contribution in [0.1, 0.15) is 41.0 Å². The van der Waals surface area contributed by atoms with Crippen molar-refractivity contribution in [3.05, 3.63) is 34.4 Å². The van der Waals surface area contributed by atoms with Gasteiger partial charge in [0, 0.05) is 29.5 Å². The molecule has 10 nitrogen and oxygen atoms in total. The molecule has 0 aliphatic rings. The van der Waals surface area contributed by atoms with Crippen LogP contribution in [-0.4, -0.2) is 47.0 Å². The first-order valence-corrected chi connectivity index (χ1v) is 9.44. The molecule has 0 aliphatic carbocycles. The van der Waals surface area contributed by atoms with Crippen LogP contribution in [-0.2, 0) is 14.4 Å². The molecule has 1 unspecified atom stereocenters. The Labute approximate surface area is 175 Å². The summed E-state index contributed by atoms with van der Waals surface area (Å²) in [4.78, 5) is 46.9. The van der Waals surface area contributed by atoms with Gasteiger partial charge < -0.3 is 20.5 Å². The molecule has 0 spiro atoms. The number of nitrogens with zero attached hydrogens (tertiary/aromatic N) is 1. The van der Waals surface area contributed by atoms with E-state index in [1.54, 1.807) is 34.6 Å². The Bertz CT molecular complexity index is 786. The Hall–Kier alpha value is -3.01. The summed E-state index contributed by atoms with van der Waals surface area (Å²) in [7, 11) is 0. The van der Waals surface area contributed by atoms with E-state index in [4.69, 9.17) is 4.74 Å². The predicted octanol–water partition coefficient (Wildman–Crippen LogP) is 1.56. The standard InChI is InChI=1S/C20H29N3O7/c1-13(24)10-21-17(26)19(2,3)12-20(4,5)18(27)22-11-16(25)30-15-8-6-14(7-9-15)23(28)29/h6-9,13,24H,10-12H2,1-5H3,(H,21,26)(H,22,27). The fraction of sp³-hybridized carbons (Fsp3) is 0.550. The summed E-state index contributed by atoms with van der Waals surface area (Å²) < 4.78 is 5.04. The van der Waals surface area contributed by atoms with E-state index >= 15 is 0 Å². The van der Waals surface area contributed by atoms with Crippen molar-refractivity contribution >= 4 is 23.5 Å². The molecule has 1 rings (SSSR count). The van der Waals surface area contributed by atoms with Crippen LogP contribution < -0.4 is 15.4 Å². The van der Waals surface area contributed by atoms with Gasteiger partial charge in [-0.05, 0) is 25.5 Å². The lowest BCUT2D eigenvalue weighted by atomic mass is 9.74. The third kappa shape index (κ3) is 7.78. The highest BCUT2D eigenvalue weighted by atomic mass is 16.6. The summed E-state index contributed by atoms with van der Waals surface area (Å²) >= 11 is 0. The Morgan fingerprint density at radius 1 is 1.07 bits per heavy atom. The number of benzene rings is 1. The molecule has 0 fully saturated rings. The number of hydrogen-bond acceptors (Lipinski definition) is 7. The van der Waals surface area contributed by atoms with Crippen molar-refractivity contribution in [3.8, 4) is 5.75 Å². The van der Waals surface area contributed by atoms with Gasteiger partial charge >= 0.3 is 5.97 Å². The number of amides is 2. The van der Waals surface area contributed by atoms with Gasteiger partial charge in [0.1, 0.15) is 12.3 Å². The zero-order valence-electron chi connectivity index (χ0n) is 17.9. The van der Waals surface area contributed by atoms with Crippen LogP contribution in [0, 0.1) is 20.9 Å². The van der Waals surface area contributed by atoms with Crippen molar-refractivity contribution < 1.29 is 29.2 Å². The highest BCUT2D eigenvalue weighted by Crippen LogP contribution is 2.34. The minimum absolute atomic E-state index is 0.114. The molecule has 0 radical (unpaired) electrons. The maximum Gasteiger partial charge on any atom is 0.330 e. The van der Waals surface area contributed by atoms with Gasteiger partial charge in [-0.25, -0.2) is 4.79 Å². The second-order valence-corrected chi connectivity index (χ2v) is 8.41. The lowest BCUT2D eigenvalue weighted by Gasteiger charge is -2.33. The van der Waals surface area contributed by atoms with Crippen molar-refractivity contribution in [2.75, 3.05) is 13.1 Å². The number of aliphatic hydroxyl groups is 1. The first-order valence-electron chi connectivity index (χ1n) is 9.44. The summed E-state index contributed by atoms with van der Waals surface area (Å²) in [5, 5.41) is 25.1. The molecular formula is C20H29N3O7. The Kier molecular flexibility index (Phi) is 8.47. The third-order valence-corrected chi connectivity index (χ3v) is 4.34. The molecule has 0 saturated carbocycles. The van der Waals surface area contributed by atoms with Crippen LogP contribution in [0.4, 0.5) is 5.69 Å². The third-order valence-electron chi connectivity index (χ3n) is 4.34. The molecule has 30 heavy (non-hydrogen) atoms. The topological polar surface area (TPSA) is 148 Å². The van der Waals surface area contributed by atoms with Gasteiger partial charge in [-0.2, -0.15) is 0 Å². The lowest BCUT2D eigenvalue weighted by Crippen LogP contribution is -2.47. The van der Waals surface area contributed by atoms with Crippen LogP contribution in [0.25, 0.3) is 0 Å². The van der Waals surface area contributed by atoms with Crippen molar-refractivity contribution in [1.29, 1.82) is 0 Å². The van der Waals surface area contributed by atoms with Gasteiger partial charge in [0.05, 0.1) is 11.0 Å². The Morgan fingerprint density at radius 3 is 2.03 bits per heavy atom. The summed E-state index contributed by atoms with van der Waals surface area (Å²) in [6.45, 7) is 7.99. The molecule has 1 atom stereocenters. The largest absolute Gasteiger partial charge is 0.425 e. The molecule has 10 heteroatoms. The van der Waals surface area contributed by atoms with Gasteiger partial charge in [-0.15, -0.1) is 0 Å². The van der Waals surface area contributed by atoms with Gasteiger partial charge in [-0.1, -0.05) is 27.7 Å². The molecule has 0 heterocycles. The first-order chi connectivity index (χ1) is 13.7. The Morgan fingerprint density at radius 2 is 1.57 bits per heavy atom. The monoisotopic (exact) mass is 423 g/mol. The molecule has 166 valence electrons. The van der Waals surface area contributed by atoms with E-state index in [0.717, 1.165) is 0 Å². The van der Waals surface area contributed by atoms with Crippen molar-refractivity contribution in [3.63, 3.8) is 0 Å². The number of carbonyl (C=O) groups excluding carboxylic acids is 3. The van der Waals surface area contributed by atoms with E-state index in [1.807, 2.05) is 0 Å². The van der Waals surface area contributed by atoms with E-state index in [1.165, 1.54) is 24.3 Å². The molecule has 0 aliphatic heterocycles. The lowest BCUT2D eigenvalue weighted by molar-refractivity contribution is -0.384. The van der Waals surface area contributed by atoms with E-state index in [2.05, 4.69) is 10.6 Å². The van der Waals surface area contributed by atoms with Crippen molar-refractivity contribution in [2.45, 2.75) is 47.1 Å². The van der Waals surface area contributed by atoms with Crippen LogP contribution >= 0.6 is 0 Å². The molecule has 1 aromatic carbocycles. The van der Waals surface area contributed by atoms with E-state index in [-0.39, 0.29) is 30.3 Å². The van der Waals surface area contributed by atoms with Gasteiger partial charge in [-0.3, -0.25) is 19.7 Å². The van der Waals surface area contributed by atoms with E-state index < -0.39 is 40.3 Å². The number of carbonyl (C=O) groups is 3. The highest BCUT2D eigenvalue weighted by molar-refractivity contribution is 5.88. The zero-order valence-corrected chi connectivity index (χ0v) is 17.9. The predicted molar refractivity (Wildman–Crippen MR) is 109 cm³/mol. The molecule has 0 bridgehead atoms. The van der Waals surface area contributed by atoms with Gasteiger partial charge in [0.25, 0.3) is 5.69 Å². The second kappa shape index (κ2) is 10.1. The maximum atomic E-state index is 12.5. The van der Waals surface area contributed by atoms with E-state index in [9.17, 15) is 29.6 Å². The van der Waals surface area contributed by atoms with Crippen LogP contribution in [0.2, 0.25) is 0 Å². The molecule has 2 amide bonds. The van der Waals surface area contributed by atoms with Crippen molar-refractivity contribution in [1.82, 2.24) is 10.6 Å². The van der Waals surface area contributed by atoms with Crippen LogP contribution in [0.5, 0.6) is 5.75 Å². The minimum Gasteiger partial charge on any atom is -0.425 e. The average Bonchev–Trinajstić information content (AvgIpc) is 2.63. The number of rotatable bonds is 10. The zero-order chi connectivity index (χ0) is 23.1. The molecular weight excluding hydrogens is 394 g/mol. The summed E-state index contributed by atoms with van der Waals surface area (Å²) in [6.07, 6.45) is -0.475. The number of nitrogens with one attached hydrogen (secondary N) is 2. The normalized spacial score (nSPS) is 12.6. The second-order valence-electron chi connectivity index (χ2n) is 8.41. The quantitative estimate of drug-likeness (QED) is 0.224. The molecule has 0 aromatic heterocycles. The maximum absolute atomic E-state index is 12.5. The number of nitro benzene ring substituents is 1. The number of non-ortho nitro benzene ring substituents is 1. The summed E-state index contributed by atoms with van der Waals surface area (Å²) in [5.74, 6) is -1.33. The van der Waals surface area contributed by atoms with Gasteiger partial charge in [0.2, 0.25) is 11.8 Å². The number of ether oxygens (including phenoxy) is 1. The minimum atomic E-state index is -0.959. The number of hydrogen-bond donors (Lipinski definition) is 3. The number of esters is 1. The van der Waals surface area contributed by atoms with Gasteiger partial charge in [0.15, 0.2) is 0 Å². The fourth-order valence-corrected chi connectivity index (χ4v) is 2.94.